The van der Waals surface area contributed by atoms with Gasteiger partial charge < -0.3 is 5.32 Å². The molecule has 0 atom stereocenters. The number of likely N-dealkylation sites (N-methyl/N-ethyl adjacent to an activating group) is 1. The Balaban J connectivity index is 1.42. The van der Waals surface area contributed by atoms with Gasteiger partial charge in [-0.15, -0.1) is 22.7 Å². The number of anilines is 1. The Morgan fingerprint density at radius 1 is 1.32 bits per heavy atom. The first-order valence-electron chi connectivity index (χ1n) is 9.42. The van der Waals surface area contributed by atoms with Crippen LogP contribution in [0.3, 0.4) is 0 Å². The quantitative estimate of drug-likeness (QED) is 0.690. The molecule has 1 aliphatic heterocycles. The van der Waals surface area contributed by atoms with E-state index in [1.165, 1.54) is 27.1 Å². The Morgan fingerprint density at radius 3 is 2.93 bits per heavy atom. The summed E-state index contributed by atoms with van der Waals surface area (Å²) in [7, 11) is 0. The van der Waals surface area contributed by atoms with Crippen molar-refractivity contribution in [2.45, 2.75) is 46.7 Å². The van der Waals surface area contributed by atoms with Crippen LogP contribution in [0.15, 0.2) is 11.1 Å². The molecule has 0 unspecified atom stereocenters. The second-order valence-electron chi connectivity index (χ2n) is 7.01. The predicted octanol–water partition coefficient (Wildman–Crippen LogP) is 2.94. The number of aryl methyl sites for hydroxylation is 3. The van der Waals surface area contributed by atoms with Gasteiger partial charge in [0.05, 0.1) is 17.4 Å². The second-order valence-corrected chi connectivity index (χ2v) is 9.30. The number of thiophene rings is 1. The average Bonchev–Trinajstić information content (AvgIpc) is 3.20. The number of nitrogens with zero attached hydrogens (tertiary/aromatic N) is 4. The number of hydrogen-bond acceptors (Lipinski definition) is 7. The third-order valence-electron chi connectivity index (χ3n) is 5.24. The number of hydrogen-bond donors (Lipinski definition) is 1. The lowest BCUT2D eigenvalue weighted by Crippen LogP contribution is -2.29. The summed E-state index contributed by atoms with van der Waals surface area (Å²) in [4.78, 5) is 39.5. The van der Waals surface area contributed by atoms with Gasteiger partial charge in [-0.05, 0) is 26.0 Å². The molecule has 4 rings (SSSR count). The summed E-state index contributed by atoms with van der Waals surface area (Å²) in [5, 5.41) is 4.21. The van der Waals surface area contributed by atoms with Crippen LogP contribution < -0.4 is 10.9 Å². The van der Waals surface area contributed by atoms with Gasteiger partial charge in [0.2, 0.25) is 5.91 Å². The maximum atomic E-state index is 12.7. The van der Waals surface area contributed by atoms with E-state index in [-0.39, 0.29) is 17.9 Å². The molecule has 0 radical (unpaired) electrons. The normalized spacial score (nSPS) is 14.4. The number of rotatable bonds is 5. The van der Waals surface area contributed by atoms with Crippen LogP contribution in [0, 0.1) is 13.8 Å². The monoisotopic (exact) mass is 417 g/mol. The summed E-state index contributed by atoms with van der Waals surface area (Å²) >= 11 is 3.08. The molecular weight excluding hydrogens is 394 g/mol. The molecule has 9 heteroatoms. The van der Waals surface area contributed by atoms with Gasteiger partial charge in [-0.25, -0.2) is 9.97 Å². The minimum atomic E-state index is -0.135. The van der Waals surface area contributed by atoms with E-state index < -0.39 is 0 Å². The fourth-order valence-corrected chi connectivity index (χ4v) is 5.46. The molecule has 0 aromatic carbocycles. The van der Waals surface area contributed by atoms with Crippen LogP contribution in [0.2, 0.25) is 0 Å². The number of nitrogens with one attached hydrogen (secondary N) is 1. The largest absolute Gasteiger partial charge is 0.302 e. The lowest BCUT2D eigenvalue weighted by molar-refractivity contribution is -0.116. The van der Waals surface area contributed by atoms with Crippen molar-refractivity contribution in [2.24, 2.45) is 0 Å². The van der Waals surface area contributed by atoms with Crippen LogP contribution in [0.25, 0.3) is 10.2 Å². The molecule has 0 spiro atoms. The molecule has 0 fully saturated rings. The highest BCUT2D eigenvalue weighted by atomic mass is 32.1. The molecule has 1 amide bonds. The van der Waals surface area contributed by atoms with Gasteiger partial charge in [0, 0.05) is 42.2 Å². The van der Waals surface area contributed by atoms with Crippen LogP contribution in [-0.4, -0.2) is 38.4 Å². The number of fused-ring (bicyclic) bond motifs is 2. The fourth-order valence-electron chi connectivity index (χ4n) is 3.40. The molecule has 3 aromatic heterocycles. The van der Waals surface area contributed by atoms with Crippen molar-refractivity contribution in [3.05, 3.63) is 37.7 Å². The second kappa shape index (κ2) is 7.73. The summed E-state index contributed by atoms with van der Waals surface area (Å²) in [6, 6.07) is 0. The Labute approximate surface area is 171 Å². The first-order chi connectivity index (χ1) is 13.5. The Hall–Kier alpha value is -2.10. The van der Waals surface area contributed by atoms with Crippen molar-refractivity contribution in [2.75, 3.05) is 18.4 Å². The Kier molecular flexibility index (Phi) is 5.31. The van der Waals surface area contributed by atoms with E-state index in [4.69, 9.17) is 0 Å². The zero-order chi connectivity index (χ0) is 19.8. The van der Waals surface area contributed by atoms with E-state index in [9.17, 15) is 9.59 Å². The predicted molar refractivity (Wildman–Crippen MR) is 113 cm³/mol. The van der Waals surface area contributed by atoms with Crippen molar-refractivity contribution in [1.82, 2.24) is 19.4 Å². The minimum absolute atomic E-state index is 0.0796. The van der Waals surface area contributed by atoms with Crippen molar-refractivity contribution in [1.29, 1.82) is 0 Å². The third-order valence-corrected chi connectivity index (χ3v) is 7.35. The highest BCUT2D eigenvalue weighted by Crippen LogP contribution is 2.28. The van der Waals surface area contributed by atoms with E-state index in [0.717, 1.165) is 47.0 Å². The van der Waals surface area contributed by atoms with Crippen LogP contribution in [0.1, 0.15) is 34.4 Å². The molecule has 4 heterocycles. The molecule has 1 N–H and O–H groups in total. The van der Waals surface area contributed by atoms with E-state index in [1.54, 1.807) is 11.3 Å². The lowest BCUT2D eigenvalue weighted by Gasteiger charge is -2.23. The van der Waals surface area contributed by atoms with E-state index in [1.807, 2.05) is 13.8 Å². The van der Waals surface area contributed by atoms with Gasteiger partial charge in [0.1, 0.15) is 4.83 Å². The highest BCUT2D eigenvalue weighted by molar-refractivity contribution is 7.18. The lowest BCUT2D eigenvalue weighted by atomic mass is 10.2. The smallest absolute Gasteiger partial charge is 0.262 e. The molecular formula is C19H23N5O2S2. The number of thiazole rings is 1. The van der Waals surface area contributed by atoms with Crippen molar-refractivity contribution in [3.8, 4) is 0 Å². The van der Waals surface area contributed by atoms with E-state index in [2.05, 4.69) is 27.1 Å². The summed E-state index contributed by atoms with van der Waals surface area (Å²) < 4.78 is 1.52. The van der Waals surface area contributed by atoms with E-state index >= 15 is 0 Å². The molecule has 7 nitrogen and oxygen atoms in total. The summed E-state index contributed by atoms with van der Waals surface area (Å²) in [5.41, 5.74) is 1.99. The Bertz CT molecular complexity index is 1100. The summed E-state index contributed by atoms with van der Waals surface area (Å²) in [5.74, 6) is -0.135. The van der Waals surface area contributed by atoms with Gasteiger partial charge in [0.15, 0.2) is 5.13 Å². The van der Waals surface area contributed by atoms with Gasteiger partial charge in [0.25, 0.3) is 5.56 Å². The zero-order valence-corrected chi connectivity index (χ0v) is 17.9. The number of aromatic nitrogens is 3. The first-order valence-corrected chi connectivity index (χ1v) is 11.1. The van der Waals surface area contributed by atoms with Crippen LogP contribution >= 0.6 is 22.7 Å². The number of amides is 1. The molecule has 0 saturated carbocycles. The third kappa shape index (κ3) is 3.61. The van der Waals surface area contributed by atoms with Crippen molar-refractivity contribution >= 4 is 43.9 Å². The number of carbonyl (C=O) groups excluding carboxylic acids is 1. The van der Waals surface area contributed by atoms with Crippen molar-refractivity contribution < 1.29 is 4.79 Å². The molecule has 1 aliphatic rings. The fraction of sp³-hybridized carbons (Fsp3) is 0.474. The zero-order valence-electron chi connectivity index (χ0n) is 16.2. The highest BCUT2D eigenvalue weighted by Gasteiger charge is 2.20. The van der Waals surface area contributed by atoms with Crippen molar-refractivity contribution in [3.63, 3.8) is 0 Å². The molecule has 0 saturated heterocycles. The topological polar surface area (TPSA) is 80.1 Å². The minimum Gasteiger partial charge on any atom is -0.302 e. The Morgan fingerprint density at radius 2 is 2.14 bits per heavy atom. The number of carbonyl (C=O) groups is 1. The van der Waals surface area contributed by atoms with Gasteiger partial charge in [-0.2, -0.15) is 0 Å². The standard InChI is InChI=1S/C19H23N5O2S2/c1-4-23-7-5-13-14(9-23)28-19(21-13)22-15(25)6-8-24-10-20-17-16(18(24)26)11(2)12(3)27-17/h10H,4-9H2,1-3H3,(H,21,22,25). The van der Waals surface area contributed by atoms with Gasteiger partial charge >= 0.3 is 0 Å². The molecule has 3 aromatic rings. The average molecular weight is 418 g/mol. The van der Waals surface area contributed by atoms with Gasteiger partial charge in [-0.3, -0.25) is 19.1 Å². The summed E-state index contributed by atoms with van der Waals surface area (Å²) in [6.07, 6.45) is 2.67. The SMILES string of the molecule is CCN1CCc2nc(NC(=O)CCn3cnc4sc(C)c(C)c4c3=O)sc2C1. The molecule has 0 aliphatic carbocycles. The first kappa shape index (κ1) is 19.2. The molecule has 0 bridgehead atoms. The van der Waals surface area contributed by atoms with Crippen LogP contribution in [0.5, 0.6) is 0 Å². The molecule has 28 heavy (non-hydrogen) atoms. The van der Waals surface area contributed by atoms with Gasteiger partial charge in [-0.1, -0.05) is 6.92 Å². The van der Waals surface area contributed by atoms with E-state index in [0.29, 0.717) is 17.1 Å². The van der Waals surface area contributed by atoms with Crippen LogP contribution in [0.4, 0.5) is 5.13 Å². The maximum Gasteiger partial charge on any atom is 0.262 e. The molecule has 148 valence electrons. The summed E-state index contributed by atoms with van der Waals surface area (Å²) in [6.45, 7) is 9.33. The van der Waals surface area contributed by atoms with Crippen LogP contribution in [-0.2, 0) is 24.3 Å². The maximum absolute atomic E-state index is 12.7.